The molecule has 0 aliphatic heterocycles. The number of benzene rings is 1. The molecule has 0 fully saturated rings. The number of nitrogens with one attached hydrogen (secondary N) is 2. The van der Waals surface area contributed by atoms with Crippen molar-refractivity contribution in [3.63, 3.8) is 0 Å². The maximum absolute atomic E-state index is 11.7. The van der Waals surface area contributed by atoms with Crippen LogP contribution in [0, 0.1) is 0 Å². The number of aromatic nitrogens is 2. The lowest BCUT2D eigenvalue weighted by molar-refractivity contribution is 0.183. The van der Waals surface area contributed by atoms with Crippen LogP contribution in [0.1, 0.15) is 18.9 Å². The van der Waals surface area contributed by atoms with E-state index in [1.54, 1.807) is 11.6 Å². The van der Waals surface area contributed by atoms with Gasteiger partial charge in [0.05, 0.1) is 11.8 Å². The van der Waals surface area contributed by atoms with E-state index >= 15 is 0 Å². The van der Waals surface area contributed by atoms with Crippen LogP contribution in [0.15, 0.2) is 36.5 Å². The zero-order valence-electron chi connectivity index (χ0n) is 12.9. The Morgan fingerprint density at radius 2 is 2.05 bits per heavy atom. The van der Waals surface area contributed by atoms with Gasteiger partial charge in [0.15, 0.2) is 0 Å². The van der Waals surface area contributed by atoms with E-state index in [9.17, 15) is 4.79 Å². The number of amides is 2. The summed E-state index contributed by atoms with van der Waals surface area (Å²) >= 11 is 0. The van der Waals surface area contributed by atoms with Crippen LogP contribution in [-0.2, 0) is 13.6 Å². The minimum atomic E-state index is -0.414. The molecule has 2 amide bonds. The second kappa shape index (κ2) is 7.61. The third kappa shape index (κ3) is 4.60. The van der Waals surface area contributed by atoms with Crippen LogP contribution in [-0.4, -0.2) is 33.6 Å². The lowest BCUT2D eigenvalue weighted by atomic mass is 10.1. The van der Waals surface area contributed by atoms with Crippen molar-refractivity contribution in [3.05, 3.63) is 42.1 Å². The van der Waals surface area contributed by atoms with E-state index < -0.39 is 6.10 Å². The highest BCUT2D eigenvalue weighted by molar-refractivity contribution is 5.74. The number of carbonyl (C=O) groups is 1. The summed E-state index contributed by atoms with van der Waals surface area (Å²) in [6.07, 6.45) is 2.02. The third-order valence-corrected chi connectivity index (χ3v) is 3.24. The van der Waals surface area contributed by atoms with Crippen LogP contribution in [0.3, 0.4) is 0 Å². The van der Waals surface area contributed by atoms with Crippen molar-refractivity contribution < 1.29 is 9.90 Å². The van der Waals surface area contributed by atoms with Crippen LogP contribution >= 0.6 is 0 Å². The second-order valence-electron chi connectivity index (χ2n) is 5.29. The molecular formula is C16H22N4O2. The zero-order valence-corrected chi connectivity index (χ0v) is 12.9. The first kappa shape index (κ1) is 16.0. The van der Waals surface area contributed by atoms with Crippen molar-refractivity contribution in [1.82, 2.24) is 20.4 Å². The topological polar surface area (TPSA) is 79.2 Å². The minimum absolute atomic E-state index is 0.247. The molecular weight excluding hydrogens is 280 g/mol. The fourth-order valence-corrected chi connectivity index (χ4v) is 2.14. The van der Waals surface area contributed by atoms with E-state index in [4.69, 9.17) is 5.11 Å². The van der Waals surface area contributed by atoms with Gasteiger partial charge in [-0.3, -0.25) is 4.68 Å². The van der Waals surface area contributed by atoms with Crippen molar-refractivity contribution in [3.8, 4) is 11.3 Å². The third-order valence-electron chi connectivity index (χ3n) is 3.24. The molecule has 0 radical (unpaired) electrons. The lowest BCUT2D eigenvalue weighted by Crippen LogP contribution is -2.36. The molecule has 3 N–H and O–H groups in total. The molecule has 0 aliphatic rings. The number of hydrogen-bond acceptors (Lipinski definition) is 3. The van der Waals surface area contributed by atoms with Crippen molar-refractivity contribution in [2.75, 3.05) is 6.54 Å². The molecule has 6 heteroatoms. The Morgan fingerprint density at radius 3 is 2.73 bits per heavy atom. The maximum Gasteiger partial charge on any atom is 0.315 e. The average Bonchev–Trinajstić information content (AvgIpc) is 2.87. The molecule has 0 saturated heterocycles. The molecule has 0 saturated carbocycles. The fraction of sp³-hybridized carbons (Fsp3) is 0.375. The Hall–Kier alpha value is -2.34. The largest absolute Gasteiger partial charge is 0.393 e. The second-order valence-corrected chi connectivity index (χ2v) is 5.29. The first-order valence-electron chi connectivity index (χ1n) is 7.34. The molecule has 1 atom stereocenters. The van der Waals surface area contributed by atoms with Gasteiger partial charge >= 0.3 is 6.03 Å². The quantitative estimate of drug-likeness (QED) is 0.759. The highest BCUT2D eigenvalue weighted by Gasteiger charge is 2.11. The highest BCUT2D eigenvalue weighted by Crippen LogP contribution is 2.21. The van der Waals surface area contributed by atoms with E-state index in [1.165, 1.54) is 0 Å². The van der Waals surface area contributed by atoms with E-state index in [0.717, 1.165) is 16.8 Å². The molecule has 0 bridgehead atoms. The molecule has 2 aromatic rings. The first-order valence-corrected chi connectivity index (χ1v) is 7.34. The van der Waals surface area contributed by atoms with Gasteiger partial charge in [-0.1, -0.05) is 30.3 Å². The van der Waals surface area contributed by atoms with Crippen molar-refractivity contribution >= 4 is 6.03 Å². The lowest BCUT2D eigenvalue weighted by Gasteiger charge is -2.08. The molecule has 1 aromatic heterocycles. The van der Waals surface area contributed by atoms with E-state index in [0.29, 0.717) is 19.5 Å². The Balaban J connectivity index is 1.95. The Bertz CT molecular complexity index is 608. The summed E-state index contributed by atoms with van der Waals surface area (Å²) in [5.74, 6) is 0. The standard InChI is InChI=1S/C16H22N4O2/c1-12(21)8-9-17-16(22)18-10-14-11-20(2)19-15(14)13-6-4-3-5-7-13/h3-7,11-12,21H,8-10H2,1-2H3,(H2,17,18,22). The number of aliphatic hydroxyl groups is 1. The van der Waals surface area contributed by atoms with Gasteiger partial charge < -0.3 is 15.7 Å². The van der Waals surface area contributed by atoms with Gasteiger partial charge in [-0.15, -0.1) is 0 Å². The van der Waals surface area contributed by atoms with Gasteiger partial charge in [0.25, 0.3) is 0 Å². The molecule has 22 heavy (non-hydrogen) atoms. The predicted molar refractivity (Wildman–Crippen MR) is 85.2 cm³/mol. The predicted octanol–water partition coefficient (Wildman–Crippen LogP) is 1.66. The van der Waals surface area contributed by atoms with Gasteiger partial charge in [-0.2, -0.15) is 5.10 Å². The number of nitrogens with zero attached hydrogens (tertiary/aromatic N) is 2. The summed E-state index contributed by atoms with van der Waals surface area (Å²) in [6, 6.07) is 9.63. The molecule has 2 rings (SSSR count). The number of hydrogen-bond donors (Lipinski definition) is 3. The van der Waals surface area contributed by atoms with Crippen molar-refractivity contribution in [2.24, 2.45) is 7.05 Å². The summed E-state index contributed by atoms with van der Waals surface area (Å²) in [7, 11) is 1.86. The minimum Gasteiger partial charge on any atom is -0.393 e. The van der Waals surface area contributed by atoms with Gasteiger partial charge in [0, 0.05) is 37.5 Å². The van der Waals surface area contributed by atoms with Gasteiger partial charge in [0.1, 0.15) is 0 Å². The number of aryl methyl sites for hydroxylation is 1. The van der Waals surface area contributed by atoms with Gasteiger partial charge in [-0.05, 0) is 13.3 Å². The number of urea groups is 1. The van der Waals surface area contributed by atoms with E-state index in [-0.39, 0.29) is 6.03 Å². The Labute approximate surface area is 130 Å². The Morgan fingerprint density at radius 1 is 1.32 bits per heavy atom. The average molecular weight is 302 g/mol. The number of aliphatic hydroxyl groups excluding tert-OH is 1. The van der Waals surface area contributed by atoms with Crippen LogP contribution in [0.25, 0.3) is 11.3 Å². The van der Waals surface area contributed by atoms with Crippen LogP contribution in [0.5, 0.6) is 0 Å². The van der Waals surface area contributed by atoms with Crippen LogP contribution in [0.4, 0.5) is 4.79 Å². The van der Waals surface area contributed by atoms with Crippen LogP contribution in [0.2, 0.25) is 0 Å². The summed E-state index contributed by atoms with van der Waals surface area (Å²) in [5, 5.41) is 19.1. The van der Waals surface area contributed by atoms with Crippen molar-refractivity contribution in [2.45, 2.75) is 26.0 Å². The number of rotatable bonds is 6. The van der Waals surface area contributed by atoms with E-state index in [2.05, 4.69) is 15.7 Å². The monoisotopic (exact) mass is 302 g/mol. The molecule has 6 nitrogen and oxygen atoms in total. The van der Waals surface area contributed by atoms with Crippen LogP contribution < -0.4 is 10.6 Å². The summed E-state index contributed by atoms with van der Waals surface area (Å²) < 4.78 is 1.74. The summed E-state index contributed by atoms with van der Waals surface area (Å²) in [5.41, 5.74) is 2.85. The smallest absolute Gasteiger partial charge is 0.315 e. The maximum atomic E-state index is 11.7. The molecule has 0 aliphatic carbocycles. The first-order chi connectivity index (χ1) is 10.6. The fourth-order valence-electron chi connectivity index (χ4n) is 2.14. The molecule has 0 spiro atoms. The molecule has 118 valence electrons. The van der Waals surface area contributed by atoms with Gasteiger partial charge in [0.2, 0.25) is 0 Å². The SMILES string of the molecule is CC(O)CCNC(=O)NCc1cn(C)nc1-c1ccccc1. The molecule has 1 heterocycles. The molecule has 1 aromatic carbocycles. The van der Waals surface area contributed by atoms with Crippen molar-refractivity contribution in [1.29, 1.82) is 0 Å². The highest BCUT2D eigenvalue weighted by atomic mass is 16.3. The van der Waals surface area contributed by atoms with E-state index in [1.807, 2.05) is 43.6 Å². The van der Waals surface area contributed by atoms with Gasteiger partial charge in [-0.25, -0.2) is 4.79 Å². The number of carbonyl (C=O) groups excluding carboxylic acids is 1. The summed E-state index contributed by atoms with van der Waals surface area (Å²) in [6.45, 7) is 2.54. The zero-order chi connectivity index (χ0) is 15.9. The summed E-state index contributed by atoms with van der Waals surface area (Å²) in [4.78, 5) is 11.7. The Kier molecular flexibility index (Phi) is 5.55. The normalized spacial score (nSPS) is 12.0. The molecule has 1 unspecified atom stereocenters.